The zero-order chi connectivity index (χ0) is 17.7. The molecule has 0 unspecified atom stereocenters. The number of methoxy groups -OCH3 is 1. The Hall–Kier alpha value is -2.54. The van der Waals surface area contributed by atoms with Crippen molar-refractivity contribution in [1.29, 1.82) is 0 Å². The van der Waals surface area contributed by atoms with Crippen LogP contribution in [0.1, 0.15) is 12.5 Å². The molecule has 0 saturated heterocycles. The SMILES string of the molecule is CCN(c1cccc(OC)c1)S(=O)(=O)c1ccc(CC(=O)O)cc1. The third kappa shape index (κ3) is 3.86. The lowest BCUT2D eigenvalue weighted by molar-refractivity contribution is -0.136. The number of ether oxygens (including phenoxy) is 1. The van der Waals surface area contributed by atoms with Crippen LogP contribution in [0, 0.1) is 0 Å². The molecular formula is C17H19NO5S. The Morgan fingerprint density at radius 2 is 1.83 bits per heavy atom. The summed E-state index contributed by atoms with van der Waals surface area (Å²) in [5.41, 5.74) is 1.05. The van der Waals surface area contributed by atoms with Crippen LogP contribution in [0.25, 0.3) is 0 Å². The molecule has 0 bridgehead atoms. The summed E-state index contributed by atoms with van der Waals surface area (Å²) in [6.45, 7) is 2.00. The Morgan fingerprint density at radius 3 is 2.38 bits per heavy atom. The average Bonchev–Trinajstić information content (AvgIpc) is 2.55. The zero-order valence-corrected chi connectivity index (χ0v) is 14.3. The van der Waals surface area contributed by atoms with Gasteiger partial charge in [0, 0.05) is 12.6 Å². The highest BCUT2D eigenvalue weighted by atomic mass is 32.2. The summed E-state index contributed by atoms with van der Waals surface area (Å²) < 4.78 is 32.2. The lowest BCUT2D eigenvalue weighted by Gasteiger charge is -2.23. The number of benzene rings is 2. The van der Waals surface area contributed by atoms with Gasteiger partial charge in [0.15, 0.2) is 0 Å². The molecule has 0 aliphatic heterocycles. The molecule has 0 atom stereocenters. The number of carboxylic acid groups (broad SMARTS) is 1. The third-order valence-electron chi connectivity index (χ3n) is 3.50. The number of sulfonamides is 1. The van der Waals surface area contributed by atoms with Crippen molar-refractivity contribution in [2.24, 2.45) is 0 Å². The van der Waals surface area contributed by atoms with Gasteiger partial charge in [-0.15, -0.1) is 0 Å². The van der Waals surface area contributed by atoms with Crippen molar-refractivity contribution in [3.8, 4) is 5.75 Å². The summed E-state index contributed by atoms with van der Waals surface area (Å²) >= 11 is 0. The summed E-state index contributed by atoms with van der Waals surface area (Å²) in [4.78, 5) is 10.8. The normalized spacial score (nSPS) is 11.1. The highest BCUT2D eigenvalue weighted by Crippen LogP contribution is 2.26. The van der Waals surface area contributed by atoms with E-state index in [0.29, 0.717) is 17.0 Å². The van der Waals surface area contributed by atoms with E-state index in [4.69, 9.17) is 9.84 Å². The molecule has 2 aromatic carbocycles. The Labute approximate surface area is 141 Å². The van der Waals surface area contributed by atoms with Gasteiger partial charge in [-0.05, 0) is 36.8 Å². The van der Waals surface area contributed by atoms with Crippen LogP contribution < -0.4 is 9.04 Å². The highest BCUT2D eigenvalue weighted by molar-refractivity contribution is 7.92. The van der Waals surface area contributed by atoms with Crippen molar-refractivity contribution in [3.63, 3.8) is 0 Å². The van der Waals surface area contributed by atoms with Crippen molar-refractivity contribution in [2.75, 3.05) is 18.0 Å². The van der Waals surface area contributed by atoms with Crippen molar-refractivity contribution >= 4 is 21.7 Å². The van der Waals surface area contributed by atoms with Crippen LogP contribution in [0.3, 0.4) is 0 Å². The maximum atomic E-state index is 12.9. The Morgan fingerprint density at radius 1 is 1.17 bits per heavy atom. The van der Waals surface area contributed by atoms with Gasteiger partial charge in [-0.3, -0.25) is 9.10 Å². The lowest BCUT2D eigenvalue weighted by atomic mass is 10.2. The van der Waals surface area contributed by atoms with E-state index in [0.717, 1.165) is 0 Å². The first kappa shape index (κ1) is 17.8. The molecule has 0 spiro atoms. The fourth-order valence-electron chi connectivity index (χ4n) is 2.34. The monoisotopic (exact) mass is 349 g/mol. The maximum absolute atomic E-state index is 12.9. The molecule has 0 radical (unpaired) electrons. The van der Waals surface area contributed by atoms with Gasteiger partial charge < -0.3 is 9.84 Å². The van der Waals surface area contributed by atoms with Crippen LogP contribution in [0.4, 0.5) is 5.69 Å². The molecule has 0 aromatic heterocycles. The molecule has 24 heavy (non-hydrogen) atoms. The molecule has 6 nitrogen and oxygen atoms in total. The van der Waals surface area contributed by atoms with Crippen molar-refractivity contribution in [3.05, 3.63) is 54.1 Å². The summed E-state index contributed by atoms with van der Waals surface area (Å²) in [6.07, 6.45) is -0.145. The number of rotatable bonds is 7. The number of hydrogen-bond donors (Lipinski definition) is 1. The van der Waals surface area contributed by atoms with Gasteiger partial charge >= 0.3 is 5.97 Å². The molecule has 2 rings (SSSR count). The van der Waals surface area contributed by atoms with Gasteiger partial charge in [0.2, 0.25) is 0 Å². The van der Waals surface area contributed by atoms with Crippen LogP contribution in [0.2, 0.25) is 0 Å². The fraction of sp³-hybridized carbons (Fsp3) is 0.235. The average molecular weight is 349 g/mol. The number of aliphatic carboxylic acids is 1. The first-order valence-corrected chi connectivity index (χ1v) is 8.80. The van der Waals surface area contributed by atoms with E-state index in [1.165, 1.54) is 35.7 Å². The van der Waals surface area contributed by atoms with Crippen LogP contribution in [-0.2, 0) is 21.2 Å². The number of nitrogens with zero attached hydrogens (tertiary/aromatic N) is 1. The predicted octanol–water partition coefficient (Wildman–Crippen LogP) is 2.54. The van der Waals surface area contributed by atoms with Gasteiger partial charge in [0.25, 0.3) is 10.0 Å². The second-order valence-corrected chi connectivity index (χ2v) is 6.95. The van der Waals surface area contributed by atoms with Crippen molar-refractivity contribution in [1.82, 2.24) is 0 Å². The molecule has 0 amide bonds. The molecular weight excluding hydrogens is 330 g/mol. The lowest BCUT2D eigenvalue weighted by Crippen LogP contribution is -2.30. The summed E-state index contributed by atoms with van der Waals surface area (Å²) in [5, 5.41) is 8.78. The van der Waals surface area contributed by atoms with Gasteiger partial charge in [0.05, 0.1) is 24.1 Å². The summed E-state index contributed by atoms with van der Waals surface area (Å²) in [7, 11) is -2.23. The Bertz CT molecular complexity index is 815. The first-order chi connectivity index (χ1) is 11.4. The standard InChI is InChI=1S/C17H19NO5S/c1-3-18(14-5-4-6-15(12-14)23-2)24(21,22)16-9-7-13(8-10-16)11-17(19)20/h4-10,12H,3,11H2,1-2H3,(H,19,20). The van der Waals surface area contributed by atoms with Crippen LogP contribution in [0.15, 0.2) is 53.4 Å². The Balaban J connectivity index is 2.37. The summed E-state index contributed by atoms with van der Waals surface area (Å²) in [5.74, 6) is -0.393. The number of hydrogen-bond acceptors (Lipinski definition) is 4. The molecule has 128 valence electrons. The molecule has 1 N–H and O–H groups in total. The van der Waals surface area contributed by atoms with Gasteiger partial charge in [0.1, 0.15) is 5.75 Å². The predicted molar refractivity (Wildman–Crippen MR) is 91.0 cm³/mol. The zero-order valence-electron chi connectivity index (χ0n) is 13.5. The molecule has 0 fully saturated rings. The maximum Gasteiger partial charge on any atom is 0.307 e. The molecule has 0 aliphatic carbocycles. The molecule has 0 aliphatic rings. The van der Waals surface area contributed by atoms with E-state index in [9.17, 15) is 13.2 Å². The molecule has 7 heteroatoms. The van der Waals surface area contributed by atoms with Crippen molar-refractivity contribution in [2.45, 2.75) is 18.2 Å². The smallest absolute Gasteiger partial charge is 0.307 e. The Kier molecular flexibility index (Phi) is 5.46. The van der Waals surface area contributed by atoms with E-state index in [2.05, 4.69) is 0 Å². The highest BCUT2D eigenvalue weighted by Gasteiger charge is 2.23. The van der Waals surface area contributed by atoms with E-state index >= 15 is 0 Å². The minimum Gasteiger partial charge on any atom is -0.497 e. The van der Waals surface area contributed by atoms with Crippen LogP contribution in [0.5, 0.6) is 5.75 Å². The largest absolute Gasteiger partial charge is 0.497 e. The second kappa shape index (κ2) is 7.35. The second-order valence-electron chi connectivity index (χ2n) is 5.09. The van der Waals surface area contributed by atoms with E-state index in [1.807, 2.05) is 0 Å². The van der Waals surface area contributed by atoms with Crippen LogP contribution in [-0.4, -0.2) is 33.1 Å². The topological polar surface area (TPSA) is 83.9 Å². The summed E-state index contributed by atoms with van der Waals surface area (Å²) in [6, 6.07) is 12.7. The first-order valence-electron chi connectivity index (χ1n) is 7.36. The molecule has 0 saturated carbocycles. The quantitative estimate of drug-likeness (QED) is 0.830. The minimum atomic E-state index is -3.74. The van der Waals surface area contributed by atoms with E-state index in [-0.39, 0.29) is 17.9 Å². The minimum absolute atomic E-state index is 0.112. The third-order valence-corrected chi connectivity index (χ3v) is 5.41. The van der Waals surface area contributed by atoms with Gasteiger partial charge in [-0.2, -0.15) is 0 Å². The van der Waals surface area contributed by atoms with E-state index in [1.54, 1.807) is 31.2 Å². The number of carboxylic acids is 1. The van der Waals surface area contributed by atoms with E-state index < -0.39 is 16.0 Å². The molecule has 0 heterocycles. The van der Waals surface area contributed by atoms with Gasteiger partial charge in [-0.1, -0.05) is 18.2 Å². The van der Waals surface area contributed by atoms with Gasteiger partial charge in [-0.25, -0.2) is 8.42 Å². The van der Waals surface area contributed by atoms with Crippen LogP contribution >= 0.6 is 0 Å². The van der Waals surface area contributed by atoms with Crippen molar-refractivity contribution < 1.29 is 23.1 Å². The number of anilines is 1. The fourth-order valence-corrected chi connectivity index (χ4v) is 3.80. The number of carbonyl (C=O) groups is 1. The molecule has 2 aromatic rings.